The first-order valence-corrected chi connectivity index (χ1v) is 8.22. The van der Waals surface area contributed by atoms with Crippen molar-refractivity contribution in [3.8, 4) is 0 Å². The van der Waals surface area contributed by atoms with Crippen molar-refractivity contribution in [2.75, 3.05) is 19.6 Å². The summed E-state index contributed by atoms with van der Waals surface area (Å²) in [5, 5.41) is 0. The Morgan fingerprint density at radius 1 is 1.06 bits per heavy atom. The number of hydrogen-bond donors (Lipinski definition) is 0. The van der Waals surface area contributed by atoms with E-state index in [0.717, 1.165) is 18.1 Å². The molecule has 2 heteroatoms. The molecule has 1 aliphatic heterocycles. The molecule has 0 unspecified atom stereocenters. The minimum atomic E-state index is 0.721. The molecule has 0 atom stereocenters. The molecular weight excluding hydrogens is 220 g/mol. The van der Waals surface area contributed by atoms with E-state index in [2.05, 4.69) is 30.6 Å². The van der Waals surface area contributed by atoms with Crippen molar-refractivity contribution in [1.29, 1.82) is 0 Å². The minimum Gasteiger partial charge on any atom is -0.300 e. The third kappa shape index (κ3) is 3.48. The average molecular weight is 252 g/mol. The monoisotopic (exact) mass is 252 g/mol. The van der Waals surface area contributed by atoms with Crippen LogP contribution in [0.2, 0.25) is 0 Å². The maximum Gasteiger partial charge on any atom is 0.00991 e. The first kappa shape index (κ1) is 14.3. The van der Waals surface area contributed by atoms with Crippen LogP contribution in [0.5, 0.6) is 0 Å². The molecule has 2 rings (SSSR count). The SMILES string of the molecule is CCCN(C(C)C)C1CCC(N2CCCC2)CC1. The summed E-state index contributed by atoms with van der Waals surface area (Å²) >= 11 is 0. The van der Waals surface area contributed by atoms with Gasteiger partial charge in [-0.05, 0) is 78.4 Å². The van der Waals surface area contributed by atoms with E-state index in [4.69, 9.17) is 0 Å². The fourth-order valence-electron chi connectivity index (χ4n) is 3.98. The van der Waals surface area contributed by atoms with Crippen LogP contribution in [0.4, 0.5) is 0 Å². The summed E-state index contributed by atoms with van der Waals surface area (Å²) < 4.78 is 0. The molecule has 2 nitrogen and oxygen atoms in total. The van der Waals surface area contributed by atoms with Crippen molar-refractivity contribution in [2.45, 2.75) is 83.8 Å². The van der Waals surface area contributed by atoms with E-state index < -0.39 is 0 Å². The lowest BCUT2D eigenvalue weighted by Gasteiger charge is -2.41. The standard InChI is InChI=1S/C16H32N2/c1-4-11-18(14(2)3)16-9-7-15(8-10-16)17-12-5-6-13-17/h14-16H,4-13H2,1-3H3. The van der Waals surface area contributed by atoms with E-state index in [1.54, 1.807) is 0 Å². The van der Waals surface area contributed by atoms with Crippen LogP contribution in [0.15, 0.2) is 0 Å². The first-order valence-electron chi connectivity index (χ1n) is 8.22. The number of nitrogens with zero attached hydrogens (tertiary/aromatic N) is 2. The Hall–Kier alpha value is -0.0800. The Morgan fingerprint density at radius 3 is 2.17 bits per heavy atom. The fraction of sp³-hybridized carbons (Fsp3) is 1.00. The van der Waals surface area contributed by atoms with Crippen LogP contribution in [0.3, 0.4) is 0 Å². The second-order valence-corrected chi connectivity index (χ2v) is 6.54. The Labute approximate surface area is 114 Å². The van der Waals surface area contributed by atoms with Gasteiger partial charge in [0.2, 0.25) is 0 Å². The molecule has 0 aromatic carbocycles. The first-order chi connectivity index (χ1) is 8.72. The van der Waals surface area contributed by atoms with Crippen LogP contribution >= 0.6 is 0 Å². The predicted octanol–water partition coefficient (Wildman–Crippen LogP) is 3.51. The number of rotatable bonds is 5. The van der Waals surface area contributed by atoms with Gasteiger partial charge in [-0.2, -0.15) is 0 Å². The highest BCUT2D eigenvalue weighted by atomic mass is 15.2. The van der Waals surface area contributed by atoms with Gasteiger partial charge in [0.25, 0.3) is 0 Å². The molecule has 18 heavy (non-hydrogen) atoms. The van der Waals surface area contributed by atoms with Gasteiger partial charge in [-0.1, -0.05) is 6.92 Å². The predicted molar refractivity (Wildman–Crippen MR) is 79.0 cm³/mol. The summed E-state index contributed by atoms with van der Waals surface area (Å²) in [6.45, 7) is 11.1. The second kappa shape index (κ2) is 6.91. The van der Waals surface area contributed by atoms with Gasteiger partial charge in [-0.25, -0.2) is 0 Å². The molecule has 0 amide bonds. The fourth-order valence-corrected chi connectivity index (χ4v) is 3.98. The molecule has 0 aromatic heterocycles. The molecule has 1 saturated heterocycles. The second-order valence-electron chi connectivity index (χ2n) is 6.54. The Kier molecular flexibility index (Phi) is 5.50. The molecule has 0 spiro atoms. The summed E-state index contributed by atoms with van der Waals surface area (Å²) in [5.74, 6) is 0. The van der Waals surface area contributed by atoms with Gasteiger partial charge in [0.15, 0.2) is 0 Å². The van der Waals surface area contributed by atoms with Gasteiger partial charge < -0.3 is 4.90 Å². The number of likely N-dealkylation sites (tertiary alicyclic amines) is 1. The summed E-state index contributed by atoms with van der Waals surface area (Å²) in [6, 6.07) is 2.50. The molecule has 0 radical (unpaired) electrons. The summed E-state index contributed by atoms with van der Waals surface area (Å²) in [5.41, 5.74) is 0. The van der Waals surface area contributed by atoms with Crippen LogP contribution < -0.4 is 0 Å². The molecule has 1 heterocycles. The van der Waals surface area contributed by atoms with Gasteiger partial charge in [0.1, 0.15) is 0 Å². The Morgan fingerprint density at radius 2 is 1.67 bits per heavy atom. The lowest BCUT2D eigenvalue weighted by Crippen LogP contribution is -2.46. The van der Waals surface area contributed by atoms with Gasteiger partial charge in [-0.3, -0.25) is 4.90 Å². The highest BCUT2D eigenvalue weighted by Gasteiger charge is 2.30. The summed E-state index contributed by atoms with van der Waals surface area (Å²) in [4.78, 5) is 5.51. The van der Waals surface area contributed by atoms with Crippen LogP contribution in [0.1, 0.15) is 65.7 Å². The Bertz CT molecular complexity index is 225. The van der Waals surface area contributed by atoms with Crippen LogP contribution in [-0.2, 0) is 0 Å². The van der Waals surface area contributed by atoms with Crippen LogP contribution in [0.25, 0.3) is 0 Å². The van der Waals surface area contributed by atoms with E-state index in [1.165, 1.54) is 64.6 Å². The molecule has 2 aliphatic rings. The van der Waals surface area contributed by atoms with E-state index in [0.29, 0.717) is 0 Å². The van der Waals surface area contributed by atoms with Gasteiger partial charge in [-0.15, -0.1) is 0 Å². The average Bonchev–Trinajstić information content (AvgIpc) is 2.90. The van der Waals surface area contributed by atoms with E-state index in [9.17, 15) is 0 Å². The summed E-state index contributed by atoms with van der Waals surface area (Å²) in [7, 11) is 0. The van der Waals surface area contributed by atoms with E-state index >= 15 is 0 Å². The highest BCUT2D eigenvalue weighted by Crippen LogP contribution is 2.29. The normalized spacial score (nSPS) is 30.5. The van der Waals surface area contributed by atoms with Crippen molar-refractivity contribution in [3.05, 3.63) is 0 Å². The van der Waals surface area contributed by atoms with Crippen molar-refractivity contribution < 1.29 is 0 Å². The molecule has 0 bridgehead atoms. The zero-order chi connectivity index (χ0) is 13.0. The minimum absolute atomic E-state index is 0.721. The van der Waals surface area contributed by atoms with Crippen molar-refractivity contribution >= 4 is 0 Å². The lowest BCUT2D eigenvalue weighted by atomic mass is 9.88. The molecule has 2 fully saturated rings. The largest absolute Gasteiger partial charge is 0.300 e. The molecule has 1 saturated carbocycles. The van der Waals surface area contributed by atoms with Crippen LogP contribution in [-0.4, -0.2) is 47.6 Å². The van der Waals surface area contributed by atoms with Crippen molar-refractivity contribution in [2.24, 2.45) is 0 Å². The molecule has 0 aromatic rings. The molecule has 106 valence electrons. The van der Waals surface area contributed by atoms with Gasteiger partial charge >= 0.3 is 0 Å². The number of hydrogen-bond acceptors (Lipinski definition) is 2. The van der Waals surface area contributed by atoms with E-state index in [-0.39, 0.29) is 0 Å². The lowest BCUT2D eigenvalue weighted by molar-refractivity contribution is 0.0854. The van der Waals surface area contributed by atoms with E-state index in [1.807, 2.05) is 0 Å². The maximum absolute atomic E-state index is 2.76. The molecule has 1 aliphatic carbocycles. The van der Waals surface area contributed by atoms with Crippen molar-refractivity contribution in [3.63, 3.8) is 0 Å². The van der Waals surface area contributed by atoms with Crippen LogP contribution in [0, 0.1) is 0 Å². The molecule has 0 N–H and O–H groups in total. The topological polar surface area (TPSA) is 6.48 Å². The highest BCUT2D eigenvalue weighted by molar-refractivity contribution is 4.86. The zero-order valence-corrected chi connectivity index (χ0v) is 12.7. The van der Waals surface area contributed by atoms with Crippen molar-refractivity contribution in [1.82, 2.24) is 9.80 Å². The Balaban J connectivity index is 1.80. The molecular formula is C16H32N2. The third-order valence-corrected chi connectivity index (χ3v) is 4.94. The zero-order valence-electron chi connectivity index (χ0n) is 12.7. The quantitative estimate of drug-likeness (QED) is 0.739. The maximum atomic E-state index is 2.76. The third-order valence-electron chi connectivity index (χ3n) is 4.94. The van der Waals surface area contributed by atoms with Gasteiger partial charge in [0, 0.05) is 18.1 Å². The summed E-state index contributed by atoms with van der Waals surface area (Å²) in [6.07, 6.45) is 9.92. The van der Waals surface area contributed by atoms with Gasteiger partial charge in [0.05, 0.1) is 0 Å². The smallest absolute Gasteiger partial charge is 0.00991 e.